The summed E-state index contributed by atoms with van der Waals surface area (Å²) in [5.74, 6) is -3.13. The highest BCUT2D eigenvalue weighted by Gasteiger charge is 2.33. The monoisotopic (exact) mass is 582 g/mol. The van der Waals surface area contributed by atoms with E-state index in [1.807, 2.05) is 0 Å². The van der Waals surface area contributed by atoms with Crippen molar-refractivity contribution >= 4 is 18.0 Å². The van der Waals surface area contributed by atoms with E-state index in [9.17, 15) is 39.9 Å². The van der Waals surface area contributed by atoms with E-state index in [4.69, 9.17) is 20.3 Å². The fourth-order valence-electron chi connectivity index (χ4n) is 3.15. The molecule has 0 fully saturated rings. The molecule has 4 atom stereocenters. The van der Waals surface area contributed by atoms with Crippen LogP contribution < -0.4 is 11.1 Å². The molecule has 2 aromatic rings. The van der Waals surface area contributed by atoms with Gasteiger partial charge in [-0.2, -0.15) is 0 Å². The van der Waals surface area contributed by atoms with Gasteiger partial charge >= 0.3 is 18.0 Å². The molecule has 0 spiro atoms. The number of rotatable bonds is 9. The van der Waals surface area contributed by atoms with Gasteiger partial charge in [-0.1, -0.05) is 12.1 Å². The molecule has 14 nitrogen and oxygen atoms in total. The summed E-state index contributed by atoms with van der Waals surface area (Å²) in [5.41, 5.74) is 5.05. The lowest BCUT2D eigenvalue weighted by atomic mass is 10.0. The third-order valence-corrected chi connectivity index (χ3v) is 5.11. The van der Waals surface area contributed by atoms with Crippen molar-refractivity contribution in [3.05, 3.63) is 47.5 Å². The van der Waals surface area contributed by atoms with Crippen LogP contribution in [0.5, 0.6) is 23.0 Å². The molecule has 1 amide bonds. The number of carbonyl (C=O) groups is 3. The summed E-state index contributed by atoms with van der Waals surface area (Å²) in [5, 5.41) is 59.6. The lowest BCUT2D eigenvalue weighted by molar-refractivity contribution is -0.149. The molecular formula is C27H38N2O12. The van der Waals surface area contributed by atoms with Gasteiger partial charge < -0.3 is 55.9 Å². The minimum atomic E-state index is -1.51. The molecule has 0 aliphatic heterocycles. The largest absolute Gasteiger partial charge is 0.504 e. The summed E-state index contributed by atoms with van der Waals surface area (Å²) < 4.78 is 14.6. The second-order valence-electron chi connectivity index (χ2n) is 9.54. The first kappa shape index (κ1) is 34.8. The number of carbonyl (C=O) groups excluding carboxylic acids is 3. The van der Waals surface area contributed by atoms with E-state index in [1.165, 1.54) is 18.2 Å². The quantitative estimate of drug-likeness (QED) is 0.119. The number of nitrogens with one attached hydrogen (secondary N) is 1. The number of phenolic OH excluding ortho intramolecular Hbond substituents is 4. The topological polar surface area (TPSA) is 238 Å². The number of aliphatic hydroxyl groups is 2. The minimum Gasteiger partial charge on any atom is -0.504 e. The Morgan fingerprint density at radius 1 is 0.780 bits per heavy atom. The number of esters is 2. The van der Waals surface area contributed by atoms with Crippen molar-refractivity contribution < 1.29 is 59.2 Å². The lowest BCUT2D eigenvalue weighted by Crippen LogP contribution is -2.47. The Morgan fingerprint density at radius 2 is 1.22 bits per heavy atom. The van der Waals surface area contributed by atoms with Crippen LogP contribution in [0.25, 0.3) is 0 Å². The van der Waals surface area contributed by atoms with Gasteiger partial charge in [0.2, 0.25) is 0 Å². The van der Waals surface area contributed by atoms with Crippen LogP contribution in [0.2, 0.25) is 0 Å². The standard InChI is InChI=1S/C16H23NO7.C11H15NO5/c1-5-23-14(21)12(17-15(22)24-16(2,3)4)13(20)9-6-7-10(18)11(19)8-9;1-2-17-11(16)9(12)10(15)6-3-4-7(13)8(14)5-6/h6-8,12-13,18-20H,5H2,1-4H3,(H,17,22);3-5,9-10,13-15H,2,12H2,1H3/t12-,13+;9-,10+/m00/s1. The summed E-state index contributed by atoms with van der Waals surface area (Å²) in [6.45, 7) is 8.39. The second kappa shape index (κ2) is 15.5. The summed E-state index contributed by atoms with van der Waals surface area (Å²) in [4.78, 5) is 35.2. The smallest absolute Gasteiger partial charge is 0.408 e. The first-order valence-electron chi connectivity index (χ1n) is 12.5. The Labute approximate surface area is 236 Å². The third-order valence-electron chi connectivity index (χ3n) is 5.11. The molecule has 0 heterocycles. The number of nitrogens with two attached hydrogens (primary N) is 1. The highest BCUT2D eigenvalue weighted by Crippen LogP contribution is 2.30. The van der Waals surface area contributed by atoms with E-state index in [1.54, 1.807) is 34.6 Å². The zero-order valence-corrected chi connectivity index (χ0v) is 23.4. The summed E-state index contributed by atoms with van der Waals surface area (Å²) in [6.07, 6.45) is -3.72. The molecule has 9 N–H and O–H groups in total. The summed E-state index contributed by atoms with van der Waals surface area (Å²) in [7, 11) is 0. The van der Waals surface area contributed by atoms with Crippen molar-refractivity contribution in [1.29, 1.82) is 0 Å². The van der Waals surface area contributed by atoms with Gasteiger partial charge in [0.25, 0.3) is 0 Å². The van der Waals surface area contributed by atoms with Crippen molar-refractivity contribution in [2.45, 2.75) is 64.5 Å². The molecule has 41 heavy (non-hydrogen) atoms. The maximum Gasteiger partial charge on any atom is 0.408 e. The van der Waals surface area contributed by atoms with Gasteiger partial charge in [-0.25, -0.2) is 9.59 Å². The molecule has 0 unspecified atom stereocenters. The Bertz CT molecular complexity index is 1180. The van der Waals surface area contributed by atoms with Crippen LogP contribution >= 0.6 is 0 Å². The Hall–Kier alpha value is -4.27. The fraction of sp³-hybridized carbons (Fsp3) is 0.444. The molecule has 0 aromatic heterocycles. The van der Waals surface area contributed by atoms with Gasteiger partial charge in [0.15, 0.2) is 29.0 Å². The van der Waals surface area contributed by atoms with Crippen LogP contribution in [-0.2, 0) is 23.8 Å². The van der Waals surface area contributed by atoms with Gasteiger partial charge in [-0.3, -0.25) is 4.79 Å². The maximum atomic E-state index is 12.0. The Kier molecular flexibility index (Phi) is 13.1. The molecule has 0 bridgehead atoms. The van der Waals surface area contributed by atoms with Crippen LogP contribution in [0.1, 0.15) is 58.0 Å². The van der Waals surface area contributed by atoms with Crippen molar-refractivity contribution in [3.8, 4) is 23.0 Å². The number of ether oxygens (including phenoxy) is 3. The highest BCUT2D eigenvalue weighted by molar-refractivity contribution is 5.82. The van der Waals surface area contributed by atoms with Gasteiger partial charge in [0.1, 0.15) is 23.9 Å². The number of aromatic hydroxyl groups is 4. The number of hydrogen-bond acceptors (Lipinski definition) is 13. The number of benzene rings is 2. The third kappa shape index (κ3) is 11.0. The van der Waals surface area contributed by atoms with Gasteiger partial charge in [0, 0.05) is 0 Å². The predicted octanol–water partition coefficient (Wildman–Crippen LogP) is 1.61. The Balaban J connectivity index is 0.000000435. The highest BCUT2D eigenvalue weighted by atomic mass is 16.6. The average molecular weight is 583 g/mol. The van der Waals surface area contributed by atoms with Crippen LogP contribution in [0.3, 0.4) is 0 Å². The number of hydrogen-bond donors (Lipinski definition) is 8. The molecule has 14 heteroatoms. The van der Waals surface area contributed by atoms with Gasteiger partial charge in [-0.15, -0.1) is 0 Å². The summed E-state index contributed by atoms with van der Waals surface area (Å²) in [6, 6.07) is 4.57. The van der Waals surface area contributed by atoms with Gasteiger partial charge in [0.05, 0.1) is 13.2 Å². The van der Waals surface area contributed by atoms with Gasteiger partial charge in [-0.05, 0) is 70.0 Å². The Morgan fingerprint density at radius 3 is 1.63 bits per heavy atom. The normalized spacial score (nSPS) is 13.9. The van der Waals surface area contributed by atoms with Crippen LogP contribution in [-0.4, -0.2) is 79.6 Å². The van der Waals surface area contributed by atoms with Crippen molar-refractivity contribution in [3.63, 3.8) is 0 Å². The fourth-order valence-corrected chi connectivity index (χ4v) is 3.15. The zero-order valence-electron chi connectivity index (χ0n) is 23.4. The molecule has 0 radical (unpaired) electrons. The maximum absolute atomic E-state index is 12.0. The number of aliphatic hydroxyl groups excluding tert-OH is 2. The number of phenols is 4. The first-order valence-corrected chi connectivity index (χ1v) is 12.5. The van der Waals surface area contributed by atoms with E-state index in [0.29, 0.717) is 0 Å². The second-order valence-corrected chi connectivity index (χ2v) is 9.54. The molecule has 2 aromatic carbocycles. The van der Waals surface area contributed by atoms with E-state index in [2.05, 4.69) is 10.1 Å². The van der Waals surface area contributed by atoms with Crippen molar-refractivity contribution in [2.75, 3.05) is 13.2 Å². The zero-order chi connectivity index (χ0) is 31.5. The van der Waals surface area contributed by atoms with E-state index in [-0.39, 0.29) is 35.8 Å². The van der Waals surface area contributed by atoms with E-state index < -0.39 is 59.4 Å². The lowest BCUT2D eigenvalue weighted by Gasteiger charge is -2.25. The molecule has 0 saturated carbocycles. The minimum absolute atomic E-state index is 0.0544. The van der Waals surface area contributed by atoms with Crippen LogP contribution in [0.4, 0.5) is 4.79 Å². The molecule has 0 aliphatic rings. The molecule has 2 rings (SSSR count). The van der Waals surface area contributed by atoms with E-state index >= 15 is 0 Å². The predicted molar refractivity (Wildman–Crippen MR) is 144 cm³/mol. The summed E-state index contributed by atoms with van der Waals surface area (Å²) >= 11 is 0. The van der Waals surface area contributed by atoms with Crippen LogP contribution in [0.15, 0.2) is 36.4 Å². The SMILES string of the molecule is CCOC(=O)[C@@H](N)[C@H](O)c1ccc(O)c(O)c1.CCOC(=O)[C@@H](NC(=O)OC(C)(C)C)[C@H](O)c1ccc(O)c(O)c1. The number of alkyl carbamates (subject to hydrolysis) is 1. The molecule has 0 aliphatic carbocycles. The average Bonchev–Trinajstić information content (AvgIpc) is 2.88. The first-order chi connectivity index (χ1) is 19.0. The molecular weight excluding hydrogens is 544 g/mol. The van der Waals surface area contributed by atoms with Crippen molar-refractivity contribution in [2.24, 2.45) is 5.73 Å². The van der Waals surface area contributed by atoms with E-state index in [0.717, 1.165) is 18.2 Å². The number of amides is 1. The molecule has 228 valence electrons. The van der Waals surface area contributed by atoms with Crippen molar-refractivity contribution in [1.82, 2.24) is 5.32 Å². The molecule has 0 saturated heterocycles. The van der Waals surface area contributed by atoms with Crippen LogP contribution in [0, 0.1) is 0 Å².